The third-order valence-electron chi connectivity index (χ3n) is 2.86. The van der Waals surface area contributed by atoms with E-state index in [2.05, 4.69) is 0 Å². The molecular weight excluding hydrogens is 343 g/mol. The molecule has 114 valence electrons. The van der Waals surface area contributed by atoms with Crippen LogP contribution in [0.5, 0.6) is 5.75 Å². The zero-order valence-corrected chi connectivity index (χ0v) is 14.3. The van der Waals surface area contributed by atoms with Crippen molar-refractivity contribution in [2.24, 2.45) is 0 Å². The SMILES string of the molecule is CCOC(=O)/C(=C/c1ccc(OC)cc1)[Se]c1ccccc1. The quantitative estimate of drug-likeness (QED) is 0.451. The molecule has 0 aromatic heterocycles. The van der Waals surface area contributed by atoms with E-state index in [0.717, 1.165) is 15.8 Å². The molecule has 0 N–H and O–H groups in total. The van der Waals surface area contributed by atoms with Crippen LogP contribution in [0.25, 0.3) is 6.08 Å². The third-order valence-corrected chi connectivity index (χ3v) is 4.99. The maximum absolute atomic E-state index is 12.2. The molecule has 2 rings (SSSR count). The number of carbonyl (C=O) groups is 1. The molecule has 0 spiro atoms. The molecule has 0 atom stereocenters. The van der Waals surface area contributed by atoms with Gasteiger partial charge in [-0.3, -0.25) is 0 Å². The molecule has 4 heteroatoms. The summed E-state index contributed by atoms with van der Waals surface area (Å²) in [5.41, 5.74) is 0.960. The normalized spacial score (nSPS) is 11.1. The molecule has 2 aromatic carbocycles. The first-order valence-electron chi connectivity index (χ1n) is 6.98. The summed E-state index contributed by atoms with van der Waals surface area (Å²) in [5.74, 6) is 0.547. The van der Waals surface area contributed by atoms with Crippen molar-refractivity contribution in [3.63, 3.8) is 0 Å². The predicted octanol–water partition coefficient (Wildman–Crippen LogP) is 2.63. The molecule has 0 aliphatic rings. The standard InChI is InChI=1S/C18H18O3Se/c1-3-21-18(19)17(22-16-7-5-4-6-8-16)13-14-9-11-15(20-2)12-10-14/h4-13H,3H2,1-2H3/b17-13-. The van der Waals surface area contributed by atoms with Gasteiger partial charge >= 0.3 is 137 Å². The van der Waals surface area contributed by atoms with Crippen molar-refractivity contribution in [2.45, 2.75) is 6.92 Å². The number of rotatable bonds is 6. The molecule has 0 bridgehead atoms. The Hall–Kier alpha value is -2.03. The van der Waals surface area contributed by atoms with Gasteiger partial charge in [0.1, 0.15) is 0 Å². The van der Waals surface area contributed by atoms with Crippen molar-refractivity contribution in [1.82, 2.24) is 0 Å². The first-order valence-corrected chi connectivity index (χ1v) is 8.70. The van der Waals surface area contributed by atoms with Gasteiger partial charge < -0.3 is 0 Å². The van der Waals surface area contributed by atoms with Crippen LogP contribution in [0.4, 0.5) is 0 Å². The summed E-state index contributed by atoms with van der Waals surface area (Å²) in [4.78, 5) is 12.2. The van der Waals surface area contributed by atoms with Crippen molar-refractivity contribution < 1.29 is 14.3 Å². The van der Waals surface area contributed by atoms with Gasteiger partial charge in [-0.25, -0.2) is 0 Å². The van der Waals surface area contributed by atoms with Gasteiger partial charge in [-0.05, 0) is 0 Å². The zero-order valence-electron chi connectivity index (χ0n) is 12.6. The van der Waals surface area contributed by atoms with Crippen LogP contribution in [-0.2, 0) is 9.53 Å². The molecule has 0 heterocycles. The average Bonchev–Trinajstić information content (AvgIpc) is 2.56. The van der Waals surface area contributed by atoms with Crippen LogP contribution in [0, 0.1) is 0 Å². The summed E-state index contributed by atoms with van der Waals surface area (Å²) in [7, 11) is 1.63. The van der Waals surface area contributed by atoms with Crippen LogP contribution in [0.15, 0.2) is 59.1 Å². The van der Waals surface area contributed by atoms with Crippen molar-refractivity contribution in [3.05, 3.63) is 64.6 Å². The van der Waals surface area contributed by atoms with Crippen molar-refractivity contribution in [1.29, 1.82) is 0 Å². The number of hydrogen-bond acceptors (Lipinski definition) is 3. The summed E-state index contributed by atoms with van der Waals surface area (Å²) in [6.07, 6.45) is 1.89. The molecule has 0 aliphatic heterocycles. The average molecular weight is 361 g/mol. The third kappa shape index (κ3) is 4.76. The van der Waals surface area contributed by atoms with Gasteiger partial charge in [0.15, 0.2) is 0 Å². The molecule has 3 nitrogen and oxygen atoms in total. The van der Waals surface area contributed by atoms with E-state index in [9.17, 15) is 4.79 Å². The number of esters is 1. The van der Waals surface area contributed by atoms with E-state index in [0.29, 0.717) is 11.1 Å². The van der Waals surface area contributed by atoms with E-state index in [1.54, 1.807) is 7.11 Å². The minimum absolute atomic E-state index is 0.0898. The van der Waals surface area contributed by atoms with Crippen molar-refractivity contribution in [3.8, 4) is 5.75 Å². The van der Waals surface area contributed by atoms with Gasteiger partial charge in [0.05, 0.1) is 0 Å². The van der Waals surface area contributed by atoms with Crippen LogP contribution < -0.4 is 9.20 Å². The molecule has 0 amide bonds. The van der Waals surface area contributed by atoms with E-state index < -0.39 is 0 Å². The predicted molar refractivity (Wildman–Crippen MR) is 89.4 cm³/mol. The summed E-state index contributed by atoms with van der Waals surface area (Å²) < 4.78 is 12.2. The molecule has 0 aliphatic carbocycles. The van der Waals surface area contributed by atoms with Gasteiger partial charge in [0.2, 0.25) is 0 Å². The number of benzene rings is 2. The van der Waals surface area contributed by atoms with E-state index in [1.807, 2.05) is 67.6 Å². The van der Waals surface area contributed by atoms with Crippen molar-refractivity contribution >= 4 is 31.5 Å². The van der Waals surface area contributed by atoms with Gasteiger partial charge in [0.25, 0.3) is 0 Å². The molecule has 2 aromatic rings. The molecule has 0 unspecified atom stereocenters. The Bertz CT molecular complexity index is 633. The molecule has 0 radical (unpaired) electrons. The van der Waals surface area contributed by atoms with Crippen LogP contribution in [0.1, 0.15) is 12.5 Å². The number of hydrogen-bond donors (Lipinski definition) is 0. The van der Waals surface area contributed by atoms with Crippen LogP contribution in [0.2, 0.25) is 0 Å². The van der Waals surface area contributed by atoms with Gasteiger partial charge in [-0.2, -0.15) is 0 Å². The van der Waals surface area contributed by atoms with E-state index >= 15 is 0 Å². The molecule has 0 fully saturated rings. The molecule has 0 saturated heterocycles. The topological polar surface area (TPSA) is 35.5 Å². The Morgan fingerprint density at radius 2 is 1.77 bits per heavy atom. The molecular formula is C18H18O3Se. The fraction of sp³-hybridized carbons (Fsp3) is 0.167. The van der Waals surface area contributed by atoms with Crippen molar-refractivity contribution in [2.75, 3.05) is 13.7 Å². The van der Waals surface area contributed by atoms with Crippen LogP contribution in [-0.4, -0.2) is 34.6 Å². The Morgan fingerprint density at radius 1 is 1.09 bits per heavy atom. The number of ether oxygens (including phenoxy) is 2. The van der Waals surface area contributed by atoms with E-state index in [4.69, 9.17) is 9.47 Å². The zero-order chi connectivity index (χ0) is 15.8. The fourth-order valence-corrected chi connectivity index (χ4v) is 3.65. The summed E-state index contributed by atoms with van der Waals surface area (Å²) >= 11 is -0.0898. The maximum atomic E-state index is 12.2. The number of carbonyl (C=O) groups excluding carboxylic acids is 1. The number of methoxy groups -OCH3 is 1. The summed E-state index contributed by atoms with van der Waals surface area (Å²) in [5, 5.41) is 0. The van der Waals surface area contributed by atoms with Crippen LogP contribution >= 0.6 is 0 Å². The van der Waals surface area contributed by atoms with E-state index in [1.165, 1.54) is 0 Å². The Balaban J connectivity index is 2.26. The second-order valence-corrected chi connectivity index (χ2v) is 6.76. The van der Waals surface area contributed by atoms with E-state index in [-0.39, 0.29) is 20.9 Å². The first-order chi connectivity index (χ1) is 10.7. The van der Waals surface area contributed by atoms with Gasteiger partial charge in [0, 0.05) is 0 Å². The minimum atomic E-state index is -0.248. The van der Waals surface area contributed by atoms with Gasteiger partial charge in [-0.1, -0.05) is 0 Å². The second kappa shape index (κ2) is 8.42. The van der Waals surface area contributed by atoms with Gasteiger partial charge in [-0.15, -0.1) is 0 Å². The summed E-state index contributed by atoms with van der Waals surface area (Å²) in [6, 6.07) is 17.6. The second-order valence-electron chi connectivity index (χ2n) is 4.42. The monoisotopic (exact) mass is 362 g/mol. The first kappa shape index (κ1) is 16.3. The summed E-state index contributed by atoms with van der Waals surface area (Å²) in [6.45, 7) is 2.20. The van der Waals surface area contributed by atoms with Crippen LogP contribution in [0.3, 0.4) is 0 Å². The Morgan fingerprint density at radius 3 is 2.36 bits per heavy atom. The fourth-order valence-electron chi connectivity index (χ4n) is 1.80. The Labute approximate surface area is 137 Å². The molecule has 22 heavy (non-hydrogen) atoms. The molecule has 0 saturated carbocycles. The Kier molecular flexibility index (Phi) is 6.26.